The molecule has 31 heavy (non-hydrogen) atoms. The van der Waals surface area contributed by atoms with Gasteiger partial charge in [0.25, 0.3) is 0 Å². The van der Waals surface area contributed by atoms with E-state index >= 15 is 0 Å². The molecular weight excluding hydrogens is 396 g/mol. The van der Waals surface area contributed by atoms with E-state index in [1.165, 1.54) is 0 Å². The fourth-order valence-electron chi connectivity index (χ4n) is 3.77. The summed E-state index contributed by atoms with van der Waals surface area (Å²) < 4.78 is 12.1. The van der Waals surface area contributed by atoms with Crippen LogP contribution in [-0.4, -0.2) is 72.8 Å². The monoisotopic (exact) mass is 422 g/mol. The van der Waals surface area contributed by atoms with Gasteiger partial charge in [0.15, 0.2) is 0 Å². The molecule has 1 aliphatic heterocycles. The molecule has 4 rings (SSSR count). The highest BCUT2D eigenvalue weighted by atomic mass is 16.6. The van der Waals surface area contributed by atoms with Crippen molar-refractivity contribution in [3.63, 3.8) is 0 Å². The van der Waals surface area contributed by atoms with Crippen LogP contribution in [0, 0.1) is 0 Å². The minimum absolute atomic E-state index is 0.125. The first-order chi connectivity index (χ1) is 15.1. The Morgan fingerprint density at radius 1 is 1.00 bits per heavy atom. The molecule has 2 aromatic carbocycles. The van der Waals surface area contributed by atoms with Crippen molar-refractivity contribution in [2.45, 2.75) is 6.92 Å². The summed E-state index contributed by atoms with van der Waals surface area (Å²) >= 11 is 0. The van der Waals surface area contributed by atoms with E-state index in [-0.39, 0.29) is 18.5 Å². The van der Waals surface area contributed by atoms with Gasteiger partial charge in [-0.15, -0.1) is 0 Å². The van der Waals surface area contributed by atoms with Crippen molar-refractivity contribution in [3.8, 4) is 5.69 Å². The average Bonchev–Trinajstić information content (AvgIpc) is 3.22. The van der Waals surface area contributed by atoms with Gasteiger partial charge in [-0.2, -0.15) is 0 Å². The zero-order valence-electron chi connectivity index (χ0n) is 17.8. The van der Waals surface area contributed by atoms with Gasteiger partial charge >= 0.3 is 5.97 Å². The normalized spacial score (nSPS) is 14.1. The average molecular weight is 422 g/mol. The van der Waals surface area contributed by atoms with Gasteiger partial charge in [0.2, 0.25) is 5.91 Å². The first kappa shape index (κ1) is 20.9. The Labute approximate surface area is 181 Å². The molecule has 3 aromatic rings. The molecule has 8 heteroatoms. The number of carbonyl (C=O) groups is 2. The molecule has 0 unspecified atom stereocenters. The zero-order valence-corrected chi connectivity index (χ0v) is 17.8. The third kappa shape index (κ3) is 4.54. The molecule has 0 aliphatic carbocycles. The van der Waals surface area contributed by atoms with Gasteiger partial charge in [-0.25, -0.2) is 9.78 Å². The van der Waals surface area contributed by atoms with E-state index in [2.05, 4.69) is 22.0 Å². The minimum Gasteiger partial charge on any atom is -0.460 e. The molecule has 1 aromatic heterocycles. The van der Waals surface area contributed by atoms with Gasteiger partial charge in [0.1, 0.15) is 12.9 Å². The molecule has 2 heterocycles. The number of esters is 1. The molecule has 0 atom stereocenters. The quantitative estimate of drug-likeness (QED) is 0.449. The van der Waals surface area contributed by atoms with Crippen LogP contribution in [-0.2, 0) is 14.3 Å². The maximum atomic E-state index is 12.2. The number of benzene rings is 2. The number of fused-ring (bicyclic) bond motifs is 1. The smallest absolute Gasteiger partial charge is 0.338 e. The molecule has 1 fully saturated rings. The van der Waals surface area contributed by atoms with Crippen LogP contribution >= 0.6 is 0 Å². The van der Waals surface area contributed by atoms with Crippen LogP contribution in [0.25, 0.3) is 16.7 Å². The van der Waals surface area contributed by atoms with Crippen LogP contribution in [0.15, 0.2) is 48.8 Å². The number of methoxy groups -OCH3 is 1. The number of rotatable bonds is 6. The van der Waals surface area contributed by atoms with E-state index in [1.54, 1.807) is 32.5 Å². The second-order valence-corrected chi connectivity index (χ2v) is 7.46. The molecule has 0 N–H and O–H groups in total. The molecule has 0 spiro atoms. The molecule has 162 valence electrons. The molecule has 8 nitrogen and oxygen atoms in total. The third-order valence-electron chi connectivity index (χ3n) is 5.50. The topological polar surface area (TPSA) is 76.9 Å². The Morgan fingerprint density at radius 2 is 1.77 bits per heavy atom. The summed E-state index contributed by atoms with van der Waals surface area (Å²) in [5.41, 5.74) is 4.20. The lowest BCUT2D eigenvalue weighted by molar-refractivity contribution is -0.129. The lowest BCUT2D eigenvalue weighted by Gasteiger charge is -2.35. The van der Waals surface area contributed by atoms with Crippen LogP contribution < -0.4 is 4.90 Å². The highest BCUT2D eigenvalue weighted by Crippen LogP contribution is 2.24. The van der Waals surface area contributed by atoms with Crippen molar-refractivity contribution in [3.05, 3.63) is 54.4 Å². The van der Waals surface area contributed by atoms with Crippen molar-refractivity contribution >= 4 is 28.6 Å². The van der Waals surface area contributed by atoms with Crippen LogP contribution in [0.5, 0.6) is 0 Å². The molecule has 1 amide bonds. The standard InChI is InChI=1S/C23H26N4O4/c1-17(28)25-8-10-26(11-9-25)19-4-3-5-20(15-19)27-16-24-21-14-18(6-7-22(21)27)23(29)31-13-12-30-2/h3-7,14-16H,8-13H2,1-2H3. The molecule has 1 saturated heterocycles. The highest BCUT2D eigenvalue weighted by Gasteiger charge is 2.19. The van der Waals surface area contributed by atoms with Crippen molar-refractivity contribution in [1.82, 2.24) is 14.5 Å². The number of nitrogens with zero attached hydrogens (tertiary/aromatic N) is 4. The molecular formula is C23H26N4O4. The molecule has 0 bridgehead atoms. The summed E-state index contributed by atoms with van der Waals surface area (Å²) in [6.45, 7) is 5.28. The van der Waals surface area contributed by atoms with Gasteiger partial charge < -0.3 is 19.3 Å². The van der Waals surface area contributed by atoms with Crippen molar-refractivity contribution in [2.24, 2.45) is 0 Å². The second-order valence-electron chi connectivity index (χ2n) is 7.46. The van der Waals surface area contributed by atoms with Crippen molar-refractivity contribution in [1.29, 1.82) is 0 Å². The molecule has 1 aliphatic rings. The number of imidazole rings is 1. The number of aromatic nitrogens is 2. The van der Waals surface area contributed by atoms with E-state index in [9.17, 15) is 9.59 Å². The van der Waals surface area contributed by atoms with Gasteiger partial charge in [0, 0.05) is 51.6 Å². The Kier molecular flexibility index (Phi) is 6.18. The maximum Gasteiger partial charge on any atom is 0.338 e. The largest absolute Gasteiger partial charge is 0.460 e. The lowest BCUT2D eigenvalue weighted by atomic mass is 10.2. The van der Waals surface area contributed by atoms with Crippen molar-refractivity contribution < 1.29 is 19.1 Å². The van der Waals surface area contributed by atoms with E-state index in [0.29, 0.717) is 12.2 Å². The number of hydrogen-bond donors (Lipinski definition) is 0. The molecule has 0 radical (unpaired) electrons. The fourth-order valence-corrected chi connectivity index (χ4v) is 3.77. The van der Waals surface area contributed by atoms with E-state index < -0.39 is 0 Å². The van der Waals surface area contributed by atoms with Crippen molar-refractivity contribution in [2.75, 3.05) is 51.4 Å². The SMILES string of the molecule is COCCOC(=O)c1ccc2c(c1)ncn2-c1cccc(N2CCN(C(C)=O)CC2)c1. The van der Waals surface area contributed by atoms with Gasteiger partial charge in [0.05, 0.1) is 23.2 Å². The third-order valence-corrected chi connectivity index (χ3v) is 5.50. The van der Waals surface area contributed by atoms with Crippen LogP contribution in [0.4, 0.5) is 5.69 Å². The van der Waals surface area contributed by atoms with Gasteiger partial charge in [-0.3, -0.25) is 9.36 Å². The van der Waals surface area contributed by atoms with E-state index in [1.807, 2.05) is 27.7 Å². The highest BCUT2D eigenvalue weighted by molar-refractivity contribution is 5.94. The number of piperazine rings is 1. The number of carbonyl (C=O) groups excluding carboxylic acids is 2. The maximum absolute atomic E-state index is 12.2. The summed E-state index contributed by atoms with van der Waals surface area (Å²) in [6, 6.07) is 13.6. The number of anilines is 1. The Bertz CT molecular complexity index is 1090. The number of ether oxygens (including phenoxy) is 2. The van der Waals surface area contributed by atoms with Gasteiger partial charge in [-0.05, 0) is 36.4 Å². The minimum atomic E-state index is -0.389. The lowest BCUT2D eigenvalue weighted by Crippen LogP contribution is -2.48. The molecule has 0 saturated carbocycles. The van der Waals surface area contributed by atoms with Crippen LogP contribution in [0.1, 0.15) is 17.3 Å². The first-order valence-corrected chi connectivity index (χ1v) is 10.3. The predicted octanol–water partition coefficient (Wildman–Crippen LogP) is 2.50. The van der Waals surface area contributed by atoms with Crippen LogP contribution in [0.3, 0.4) is 0 Å². The fraction of sp³-hybridized carbons (Fsp3) is 0.348. The van der Waals surface area contributed by atoms with E-state index in [4.69, 9.17) is 9.47 Å². The Morgan fingerprint density at radius 3 is 2.52 bits per heavy atom. The summed E-state index contributed by atoms with van der Waals surface area (Å²) in [7, 11) is 1.56. The Hall–Kier alpha value is -3.39. The first-order valence-electron chi connectivity index (χ1n) is 10.3. The van der Waals surface area contributed by atoms with Crippen LogP contribution in [0.2, 0.25) is 0 Å². The zero-order chi connectivity index (χ0) is 21.8. The van der Waals surface area contributed by atoms with E-state index in [0.717, 1.165) is 48.6 Å². The predicted molar refractivity (Wildman–Crippen MR) is 118 cm³/mol. The second kappa shape index (κ2) is 9.18. The summed E-state index contributed by atoms with van der Waals surface area (Å²) in [5.74, 6) is -0.263. The Balaban J connectivity index is 1.53. The number of amides is 1. The summed E-state index contributed by atoms with van der Waals surface area (Å²) in [5, 5.41) is 0. The summed E-state index contributed by atoms with van der Waals surface area (Å²) in [6.07, 6.45) is 1.76. The summed E-state index contributed by atoms with van der Waals surface area (Å²) in [4.78, 5) is 32.4. The number of hydrogen-bond acceptors (Lipinski definition) is 6. The van der Waals surface area contributed by atoms with Gasteiger partial charge in [-0.1, -0.05) is 6.07 Å².